The van der Waals surface area contributed by atoms with Crippen molar-refractivity contribution in [2.24, 2.45) is 0 Å². The third kappa shape index (κ3) is 3.77. The van der Waals surface area contributed by atoms with E-state index in [9.17, 15) is 4.39 Å². The molecule has 1 saturated heterocycles. The maximum atomic E-state index is 13.0. The van der Waals surface area contributed by atoms with Gasteiger partial charge >= 0.3 is 0 Å². The lowest BCUT2D eigenvalue weighted by Gasteiger charge is -2.21. The Balaban J connectivity index is 1.46. The monoisotopic (exact) mass is 352 g/mol. The van der Waals surface area contributed by atoms with Crippen LogP contribution in [0.5, 0.6) is 0 Å². The molecule has 1 N–H and O–H groups in total. The van der Waals surface area contributed by atoms with Crippen LogP contribution < -0.4 is 0 Å². The van der Waals surface area contributed by atoms with Crippen LogP contribution in [0.2, 0.25) is 0 Å². The number of aromatic amines is 1. The van der Waals surface area contributed by atoms with Gasteiger partial charge in [-0.05, 0) is 50.1 Å². The fourth-order valence-electron chi connectivity index (χ4n) is 3.44. The van der Waals surface area contributed by atoms with Crippen molar-refractivity contribution in [3.05, 3.63) is 71.1 Å². The molecular weight excluding hydrogens is 331 g/mol. The summed E-state index contributed by atoms with van der Waals surface area (Å²) >= 11 is 0. The lowest BCUT2D eigenvalue weighted by atomic mass is 10.1. The van der Waals surface area contributed by atoms with Crippen molar-refractivity contribution in [1.82, 2.24) is 30.0 Å². The number of rotatable bonds is 5. The summed E-state index contributed by atoms with van der Waals surface area (Å²) in [5.74, 6) is 2.19. The van der Waals surface area contributed by atoms with Crippen LogP contribution in [0.4, 0.5) is 4.39 Å². The Labute approximate surface area is 151 Å². The first-order valence-corrected chi connectivity index (χ1v) is 8.85. The van der Waals surface area contributed by atoms with Crippen molar-refractivity contribution in [1.29, 1.82) is 0 Å². The molecule has 1 aromatic carbocycles. The molecule has 7 heteroatoms. The van der Waals surface area contributed by atoms with Gasteiger partial charge in [-0.3, -0.25) is 10.00 Å². The highest BCUT2D eigenvalue weighted by molar-refractivity contribution is 5.20. The summed E-state index contributed by atoms with van der Waals surface area (Å²) in [6.07, 6.45) is 4.58. The van der Waals surface area contributed by atoms with Crippen molar-refractivity contribution in [3.63, 3.8) is 0 Å². The van der Waals surface area contributed by atoms with Gasteiger partial charge in [-0.1, -0.05) is 12.1 Å². The highest BCUT2D eigenvalue weighted by Gasteiger charge is 2.29. The van der Waals surface area contributed by atoms with Crippen LogP contribution >= 0.6 is 0 Å². The van der Waals surface area contributed by atoms with Crippen LogP contribution in [0.25, 0.3) is 0 Å². The van der Waals surface area contributed by atoms with Gasteiger partial charge in [0.15, 0.2) is 5.82 Å². The number of hydrogen-bond donors (Lipinski definition) is 1. The molecule has 0 aliphatic carbocycles. The van der Waals surface area contributed by atoms with Crippen LogP contribution in [-0.2, 0) is 13.0 Å². The topological polar surface area (TPSA) is 70.6 Å². The van der Waals surface area contributed by atoms with Gasteiger partial charge < -0.3 is 0 Å². The van der Waals surface area contributed by atoms with Crippen molar-refractivity contribution < 1.29 is 4.39 Å². The van der Waals surface area contributed by atoms with Crippen LogP contribution in [0, 0.1) is 12.7 Å². The molecule has 3 heterocycles. The molecule has 2 aromatic heterocycles. The lowest BCUT2D eigenvalue weighted by Crippen LogP contribution is -2.24. The van der Waals surface area contributed by atoms with E-state index in [0.717, 1.165) is 54.7 Å². The Morgan fingerprint density at radius 3 is 2.85 bits per heavy atom. The molecule has 1 atom stereocenters. The van der Waals surface area contributed by atoms with E-state index >= 15 is 0 Å². The molecule has 0 spiro atoms. The first-order valence-electron chi connectivity index (χ1n) is 8.85. The molecule has 1 unspecified atom stereocenters. The molecule has 6 nitrogen and oxygen atoms in total. The van der Waals surface area contributed by atoms with Crippen molar-refractivity contribution in [2.75, 3.05) is 6.54 Å². The minimum Gasteiger partial charge on any atom is -0.287 e. The van der Waals surface area contributed by atoms with Crippen molar-refractivity contribution in [2.45, 2.75) is 38.8 Å². The number of benzene rings is 1. The summed E-state index contributed by atoms with van der Waals surface area (Å²) in [7, 11) is 0. The molecule has 1 aliphatic heterocycles. The first-order chi connectivity index (χ1) is 12.7. The van der Waals surface area contributed by atoms with Gasteiger partial charge in [0.2, 0.25) is 0 Å². The quantitative estimate of drug-likeness (QED) is 0.764. The van der Waals surface area contributed by atoms with E-state index in [1.165, 1.54) is 12.1 Å². The largest absolute Gasteiger partial charge is 0.287 e. The van der Waals surface area contributed by atoms with E-state index < -0.39 is 0 Å². The Hall–Kier alpha value is -2.67. The minimum atomic E-state index is -0.228. The number of nitrogens with zero attached hydrogens (tertiary/aromatic N) is 5. The molecule has 26 heavy (non-hydrogen) atoms. The third-order valence-electron chi connectivity index (χ3n) is 4.69. The standard InChI is InChI=1S/C19H21FN6/c1-13-21-9-8-16(22-13)12-26-10-2-3-17(26)19-23-18(24-25-19)11-14-4-6-15(20)7-5-14/h4-9,17H,2-3,10-12H2,1H3,(H,23,24,25). The number of aromatic nitrogens is 5. The Bertz CT molecular complexity index is 876. The van der Waals surface area contributed by atoms with Gasteiger partial charge in [0.1, 0.15) is 17.5 Å². The average molecular weight is 352 g/mol. The number of hydrogen-bond acceptors (Lipinski definition) is 5. The molecule has 3 aromatic rings. The molecule has 134 valence electrons. The predicted molar refractivity (Wildman–Crippen MR) is 94.7 cm³/mol. The normalized spacial score (nSPS) is 17.7. The number of likely N-dealkylation sites (tertiary alicyclic amines) is 1. The summed E-state index contributed by atoms with van der Waals surface area (Å²) in [5, 5.41) is 7.47. The molecule has 0 saturated carbocycles. The Kier molecular flexibility index (Phi) is 4.71. The summed E-state index contributed by atoms with van der Waals surface area (Å²) < 4.78 is 13.0. The molecular formula is C19H21FN6. The van der Waals surface area contributed by atoms with E-state index in [-0.39, 0.29) is 11.9 Å². The molecule has 0 bridgehead atoms. The van der Waals surface area contributed by atoms with Crippen LogP contribution in [0.3, 0.4) is 0 Å². The van der Waals surface area contributed by atoms with Gasteiger partial charge in [0.25, 0.3) is 0 Å². The van der Waals surface area contributed by atoms with Gasteiger partial charge in [0, 0.05) is 19.2 Å². The number of nitrogens with one attached hydrogen (secondary N) is 1. The number of halogens is 1. The van der Waals surface area contributed by atoms with Crippen molar-refractivity contribution >= 4 is 0 Å². The second kappa shape index (κ2) is 7.29. The zero-order valence-corrected chi connectivity index (χ0v) is 14.7. The molecule has 0 radical (unpaired) electrons. The highest BCUT2D eigenvalue weighted by Crippen LogP contribution is 2.31. The predicted octanol–water partition coefficient (Wildman–Crippen LogP) is 2.97. The smallest absolute Gasteiger partial charge is 0.167 e. The zero-order chi connectivity index (χ0) is 17.9. The first kappa shape index (κ1) is 16.8. The van der Waals surface area contributed by atoms with Crippen LogP contribution in [0.1, 0.15) is 47.6 Å². The lowest BCUT2D eigenvalue weighted by molar-refractivity contribution is 0.237. The fourth-order valence-corrected chi connectivity index (χ4v) is 3.44. The van der Waals surface area contributed by atoms with Gasteiger partial charge in [-0.15, -0.1) is 0 Å². The molecule has 1 aliphatic rings. The van der Waals surface area contributed by atoms with Gasteiger partial charge in [0.05, 0.1) is 11.7 Å². The fraction of sp³-hybridized carbons (Fsp3) is 0.368. The second-order valence-electron chi connectivity index (χ2n) is 6.67. The number of aryl methyl sites for hydroxylation is 1. The summed E-state index contributed by atoms with van der Waals surface area (Å²) in [6, 6.07) is 8.64. The van der Waals surface area contributed by atoms with Gasteiger partial charge in [-0.2, -0.15) is 5.10 Å². The Morgan fingerprint density at radius 2 is 2.04 bits per heavy atom. The summed E-state index contributed by atoms with van der Waals surface area (Å²) in [5.41, 5.74) is 2.03. The summed E-state index contributed by atoms with van der Waals surface area (Å²) in [4.78, 5) is 15.7. The second-order valence-corrected chi connectivity index (χ2v) is 6.67. The molecule has 4 rings (SSSR count). The SMILES string of the molecule is Cc1nccc(CN2CCCC2c2n[nH]c(Cc3ccc(F)cc3)n2)n1. The highest BCUT2D eigenvalue weighted by atomic mass is 19.1. The van der Waals surface area contributed by atoms with E-state index in [1.54, 1.807) is 18.3 Å². The maximum absolute atomic E-state index is 13.0. The van der Waals surface area contributed by atoms with Gasteiger partial charge in [-0.25, -0.2) is 19.3 Å². The van der Waals surface area contributed by atoms with E-state index in [2.05, 4.69) is 30.0 Å². The third-order valence-corrected chi connectivity index (χ3v) is 4.69. The summed E-state index contributed by atoms with van der Waals surface area (Å²) in [6.45, 7) is 3.69. The number of H-pyrrole nitrogens is 1. The van der Waals surface area contributed by atoms with Crippen LogP contribution in [-0.4, -0.2) is 36.6 Å². The zero-order valence-electron chi connectivity index (χ0n) is 14.7. The van der Waals surface area contributed by atoms with E-state index in [1.807, 2.05) is 13.0 Å². The molecule has 1 fully saturated rings. The van der Waals surface area contributed by atoms with Crippen LogP contribution in [0.15, 0.2) is 36.5 Å². The van der Waals surface area contributed by atoms with Crippen molar-refractivity contribution in [3.8, 4) is 0 Å². The average Bonchev–Trinajstić information content (AvgIpc) is 3.26. The minimum absolute atomic E-state index is 0.198. The maximum Gasteiger partial charge on any atom is 0.167 e. The van der Waals surface area contributed by atoms with E-state index in [0.29, 0.717) is 6.42 Å². The van der Waals surface area contributed by atoms with E-state index in [4.69, 9.17) is 0 Å². The molecule has 0 amide bonds. The Morgan fingerprint density at radius 1 is 1.19 bits per heavy atom.